The molecule has 20 heavy (non-hydrogen) atoms. The lowest BCUT2D eigenvalue weighted by Crippen LogP contribution is -2.03. The number of aryl methyl sites for hydroxylation is 1. The molecule has 0 radical (unpaired) electrons. The molecule has 2 aromatic rings. The van der Waals surface area contributed by atoms with Crippen LogP contribution in [0.25, 0.3) is 0 Å². The molecular formula is C15H18N2O3. The van der Waals surface area contributed by atoms with Crippen molar-refractivity contribution in [3.05, 3.63) is 41.7 Å². The second-order valence-corrected chi connectivity index (χ2v) is 4.39. The van der Waals surface area contributed by atoms with Crippen molar-refractivity contribution in [2.75, 3.05) is 14.2 Å². The van der Waals surface area contributed by atoms with E-state index in [1.54, 1.807) is 42.4 Å². The van der Waals surface area contributed by atoms with E-state index in [0.29, 0.717) is 22.6 Å². The first-order valence-electron chi connectivity index (χ1n) is 6.48. The predicted octanol–water partition coefficient (Wildman–Crippen LogP) is 2.54. The summed E-state index contributed by atoms with van der Waals surface area (Å²) in [6, 6.07) is 5.15. The maximum absolute atomic E-state index is 12.5. The van der Waals surface area contributed by atoms with Crippen LogP contribution >= 0.6 is 0 Å². The van der Waals surface area contributed by atoms with Gasteiger partial charge < -0.3 is 9.47 Å². The molecule has 5 nitrogen and oxygen atoms in total. The molecule has 0 N–H and O–H groups in total. The lowest BCUT2D eigenvalue weighted by Gasteiger charge is -2.08. The third-order valence-electron chi connectivity index (χ3n) is 3.00. The van der Waals surface area contributed by atoms with E-state index >= 15 is 0 Å². The van der Waals surface area contributed by atoms with Crippen LogP contribution in [-0.4, -0.2) is 29.8 Å². The van der Waals surface area contributed by atoms with Gasteiger partial charge in [-0.05, 0) is 18.6 Å². The SMILES string of the molecule is CCCn1cc(C(=O)c2ccc(OC)cc2OC)cn1. The van der Waals surface area contributed by atoms with E-state index in [-0.39, 0.29) is 5.78 Å². The maximum atomic E-state index is 12.5. The summed E-state index contributed by atoms with van der Waals surface area (Å²) >= 11 is 0. The number of benzene rings is 1. The van der Waals surface area contributed by atoms with Crippen LogP contribution < -0.4 is 9.47 Å². The van der Waals surface area contributed by atoms with Gasteiger partial charge >= 0.3 is 0 Å². The van der Waals surface area contributed by atoms with E-state index in [0.717, 1.165) is 13.0 Å². The normalized spacial score (nSPS) is 10.3. The van der Waals surface area contributed by atoms with Crippen molar-refractivity contribution in [2.24, 2.45) is 0 Å². The summed E-state index contributed by atoms with van der Waals surface area (Å²) in [6.07, 6.45) is 4.32. The molecule has 0 bridgehead atoms. The zero-order valence-corrected chi connectivity index (χ0v) is 11.9. The fourth-order valence-corrected chi connectivity index (χ4v) is 1.97. The van der Waals surface area contributed by atoms with Crippen molar-refractivity contribution in [2.45, 2.75) is 19.9 Å². The summed E-state index contributed by atoms with van der Waals surface area (Å²) in [5, 5.41) is 4.17. The Morgan fingerprint density at radius 1 is 1.30 bits per heavy atom. The highest BCUT2D eigenvalue weighted by Crippen LogP contribution is 2.26. The molecule has 0 aliphatic rings. The minimum atomic E-state index is -0.105. The standard InChI is InChI=1S/C15H18N2O3/c1-4-7-17-10-11(9-16-17)15(18)13-6-5-12(19-2)8-14(13)20-3/h5-6,8-10H,4,7H2,1-3H3. The number of rotatable bonds is 6. The van der Waals surface area contributed by atoms with E-state index in [9.17, 15) is 4.79 Å². The van der Waals surface area contributed by atoms with Crippen molar-refractivity contribution in [3.63, 3.8) is 0 Å². The summed E-state index contributed by atoms with van der Waals surface area (Å²) in [7, 11) is 3.11. The summed E-state index contributed by atoms with van der Waals surface area (Å²) in [4.78, 5) is 12.5. The van der Waals surface area contributed by atoms with E-state index in [2.05, 4.69) is 12.0 Å². The molecule has 0 saturated carbocycles. The summed E-state index contributed by atoms with van der Waals surface area (Å²) in [6.45, 7) is 2.86. The molecule has 0 fully saturated rings. The average Bonchev–Trinajstić information content (AvgIpc) is 2.94. The highest BCUT2D eigenvalue weighted by Gasteiger charge is 2.16. The van der Waals surface area contributed by atoms with Gasteiger partial charge in [0.1, 0.15) is 11.5 Å². The van der Waals surface area contributed by atoms with Gasteiger partial charge in [-0.1, -0.05) is 6.92 Å². The van der Waals surface area contributed by atoms with E-state index in [1.165, 1.54) is 7.11 Å². The molecule has 2 rings (SSSR count). The van der Waals surface area contributed by atoms with Crippen molar-refractivity contribution in [3.8, 4) is 11.5 Å². The fraction of sp³-hybridized carbons (Fsp3) is 0.333. The lowest BCUT2D eigenvalue weighted by atomic mass is 10.1. The first kappa shape index (κ1) is 14.1. The van der Waals surface area contributed by atoms with E-state index < -0.39 is 0 Å². The molecule has 0 spiro atoms. The number of methoxy groups -OCH3 is 2. The number of hydrogen-bond acceptors (Lipinski definition) is 4. The third kappa shape index (κ3) is 2.82. The van der Waals surface area contributed by atoms with Crippen molar-refractivity contribution >= 4 is 5.78 Å². The van der Waals surface area contributed by atoms with Gasteiger partial charge in [0.25, 0.3) is 0 Å². The highest BCUT2D eigenvalue weighted by molar-refractivity contribution is 6.10. The van der Waals surface area contributed by atoms with E-state index in [1.807, 2.05) is 0 Å². The number of carbonyl (C=O) groups is 1. The Bertz CT molecular complexity index is 605. The van der Waals surface area contributed by atoms with Gasteiger partial charge in [-0.15, -0.1) is 0 Å². The van der Waals surface area contributed by atoms with Crippen LogP contribution in [0.4, 0.5) is 0 Å². The van der Waals surface area contributed by atoms with Gasteiger partial charge in [0.2, 0.25) is 0 Å². The molecule has 1 heterocycles. The first-order valence-corrected chi connectivity index (χ1v) is 6.48. The van der Waals surface area contributed by atoms with Crippen molar-refractivity contribution < 1.29 is 14.3 Å². The number of hydrogen-bond donors (Lipinski definition) is 0. The molecule has 0 unspecified atom stereocenters. The maximum Gasteiger partial charge on any atom is 0.199 e. The monoisotopic (exact) mass is 274 g/mol. The lowest BCUT2D eigenvalue weighted by molar-refractivity contribution is 0.103. The van der Waals surface area contributed by atoms with Crippen molar-refractivity contribution in [1.82, 2.24) is 9.78 Å². The van der Waals surface area contributed by atoms with Crippen molar-refractivity contribution in [1.29, 1.82) is 0 Å². The third-order valence-corrected chi connectivity index (χ3v) is 3.00. The smallest absolute Gasteiger partial charge is 0.199 e. The molecule has 0 aliphatic heterocycles. The van der Waals surface area contributed by atoms with Crippen LogP contribution in [0.2, 0.25) is 0 Å². The van der Waals surface area contributed by atoms with Gasteiger partial charge in [0, 0.05) is 18.8 Å². The highest BCUT2D eigenvalue weighted by atomic mass is 16.5. The van der Waals surface area contributed by atoms with Gasteiger partial charge in [-0.2, -0.15) is 5.10 Å². The Kier molecular flexibility index (Phi) is 4.40. The van der Waals surface area contributed by atoms with Gasteiger partial charge in [-0.25, -0.2) is 0 Å². The van der Waals surface area contributed by atoms with Crippen LogP contribution in [-0.2, 0) is 6.54 Å². The Balaban J connectivity index is 2.32. The molecule has 1 aromatic carbocycles. The number of nitrogens with zero attached hydrogens (tertiary/aromatic N) is 2. The summed E-state index contributed by atoms with van der Waals surface area (Å²) < 4.78 is 12.1. The summed E-state index contributed by atoms with van der Waals surface area (Å²) in [5.74, 6) is 1.05. The quantitative estimate of drug-likeness (QED) is 0.760. The van der Waals surface area contributed by atoms with Crippen LogP contribution in [0, 0.1) is 0 Å². The minimum Gasteiger partial charge on any atom is -0.497 e. The number of aromatic nitrogens is 2. The largest absolute Gasteiger partial charge is 0.497 e. The summed E-state index contributed by atoms with van der Waals surface area (Å²) in [5.41, 5.74) is 1.06. The average molecular weight is 274 g/mol. The second kappa shape index (κ2) is 6.23. The number of ketones is 1. The molecule has 0 aliphatic carbocycles. The molecule has 0 amide bonds. The second-order valence-electron chi connectivity index (χ2n) is 4.39. The van der Waals surface area contributed by atoms with Crippen LogP contribution in [0.5, 0.6) is 11.5 Å². The molecule has 5 heteroatoms. The number of carbonyl (C=O) groups excluding carboxylic acids is 1. The number of ether oxygens (including phenoxy) is 2. The zero-order valence-electron chi connectivity index (χ0n) is 11.9. The van der Waals surface area contributed by atoms with E-state index in [4.69, 9.17) is 9.47 Å². The molecular weight excluding hydrogens is 256 g/mol. The van der Waals surface area contributed by atoms with Crippen LogP contribution in [0.15, 0.2) is 30.6 Å². The predicted molar refractivity (Wildman–Crippen MR) is 75.5 cm³/mol. The Morgan fingerprint density at radius 3 is 2.75 bits per heavy atom. The molecule has 0 atom stereocenters. The first-order chi connectivity index (χ1) is 9.69. The van der Waals surface area contributed by atoms with Crippen LogP contribution in [0.3, 0.4) is 0 Å². The van der Waals surface area contributed by atoms with Crippen LogP contribution in [0.1, 0.15) is 29.3 Å². The van der Waals surface area contributed by atoms with Gasteiger partial charge in [0.15, 0.2) is 5.78 Å². The topological polar surface area (TPSA) is 53.4 Å². The minimum absolute atomic E-state index is 0.105. The van der Waals surface area contributed by atoms with Gasteiger partial charge in [0.05, 0.1) is 31.5 Å². The molecule has 106 valence electrons. The fourth-order valence-electron chi connectivity index (χ4n) is 1.97. The Hall–Kier alpha value is -2.30. The zero-order chi connectivity index (χ0) is 14.5. The molecule has 1 aromatic heterocycles. The molecule has 0 saturated heterocycles. The van der Waals surface area contributed by atoms with Gasteiger partial charge in [-0.3, -0.25) is 9.48 Å². The Labute approximate surface area is 118 Å². The Morgan fingerprint density at radius 2 is 2.10 bits per heavy atom.